The first-order chi connectivity index (χ1) is 7.87. The number of nitrogens with zero attached hydrogens (tertiary/aromatic N) is 1. The minimum Gasteiger partial charge on any atom is -0.176 e. The number of rotatable bonds is 3. The van der Waals surface area contributed by atoms with Crippen LogP contribution in [0.3, 0.4) is 0 Å². The molecule has 0 rings (SSSR count). The van der Waals surface area contributed by atoms with Gasteiger partial charge in [0, 0.05) is 0 Å². The van der Waals surface area contributed by atoms with Gasteiger partial charge in [-0.15, -0.1) is 0 Å². The normalized spacial score (nSPS) is 16.0. The molecule has 0 N–H and O–H groups in total. The van der Waals surface area contributed by atoms with Gasteiger partial charge in [-0.3, -0.25) is 0 Å². The van der Waals surface area contributed by atoms with Crippen LogP contribution in [0.15, 0.2) is 0 Å². The van der Waals surface area contributed by atoms with Gasteiger partial charge < -0.3 is 0 Å². The summed E-state index contributed by atoms with van der Waals surface area (Å²) in [6.07, 6.45) is -14.4. The fourth-order valence-corrected chi connectivity index (χ4v) is 1.44. The molecule has 19 heavy (non-hydrogen) atoms. The second-order valence-corrected chi connectivity index (χ2v) is 3.97. The van der Waals surface area contributed by atoms with Crippen molar-refractivity contribution < 1.29 is 56.2 Å². The van der Waals surface area contributed by atoms with Crippen molar-refractivity contribution >= 4 is 10.4 Å². The average molecular weight is 335 g/mol. The Bertz CT molecular complexity index is 407. The predicted octanol–water partition coefficient (Wildman–Crippen LogP) is 2.81. The predicted molar refractivity (Wildman–Crippen MR) is 33.9 cm³/mol. The summed E-state index contributed by atoms with van der Waals surface area (Å²) >= 11 is 0. The summed E-state index contributed by atoms with van der Waals surface area (Å²) < 4.78 is 147. The molecule has 0 aliphatic carbocycles. The highest BCUT2D eigenvalue weighted by Crippen LogP contribution is 2.50. The minimum absolute atomic E-state index is 3.88. The van der Waals surface area contributed by atoms with Gasteiger partial charge >= 0.3 is 34.9 Å². The van der Waals surface area contributed by atoms with Gasteiger partial charge in [0.2, 0.25) is 0 Å². The molecular formula is C4F11NO2S. The molecule has 0 fully saturated rings. The third-order valence-corrected chi connectivity index (χ3v) is 2.31. The first kappa shape index (κ1) is 18.1. The first-order valence-corrected chi connectivity index (χ1v) is 4.85. The summed E-state index contributed by atoms with van der Waals surface area (Å²) in [4.78, 5) is 0. The SMILES string of the molecule is O=S(=O)(F)N(C(F)(F)C(F)(F)F)C(F)(F)C(F)(F)F. The molecule has 0 saturated heterocycles. The third kappa shape index (κ3) is 3.18. The van der Waals surface area contributed by atoms with E-state index in [0.29, 0.717) is 0 Å². The highest BCUT2D eigenvalue weighted by atomic mass is 32.3. The summed E-state index contributed by atoms with van der Waals surface area (Å²) in [7, 11) is -7.75. The van der Waals surface area contributed by atoms with E-state index in [1.54, 1.807) is 0 Å². The van der Waals surface area contributed by atoms with Crippen LogP contribution >= 0.6 is 0 Å². The van der Waals surface area contributed by atoms with E-state index in [4.69, 9.17) is 0 Å². The first-order valence-electron chi connectivity index (χ1n) is 3.51. The Morgan fingerprint density at radius 3 is 0.947 bits per heavy atom. The van der Waals surface area contributed by atoms with Crippen LogP contribution in [0.5, 0.6) is 0 Å². The van der Waals surface area contributed by atoms with Crippen LogP contribution in [0.1, 0.15) is 0 Å². The molecule has 0 aromatic rings. The molecule has 0 saturated carbocycles. The number of hydrogen-bond donors (Lipinski definition) is 0. The Morgan fingerprint density at radius 1 is 0.632 bits per heavy atom. The Kier molecular flexibility index (Phi) is 4.13. The lowest BCUT2D eigenvalue weighted by atomic mass is 10.4. The quantitative estimate of drug-likeness (QED) is 0.452. The summed E-state index contributed by atoms with van der Waals surface area (Å²) in [5.41, 5.74) is 0. The summed E-state index contributed by atoms with van der Waals surface area (Å²) in [5.74, 6) is 0. The molecule has 0 aromatic heterocycles. The zero-order valence-corrected chi connectivity index (χ0v) is 8.65. The van der Waals surface area contributed by atoms with Crippen molar-refractivity contribution in [3.8, 4) is 0 Å². The lowest BCUT2D eigenvalue weighted by molar-refractivity contribution is -0.407. The molecule has 0 unspecified atom stereocenters. The van der Waals surface area contributed by atoms with Gasteiger partial charge in [-0.2, -0.15) is 52.3 Å². The molecule has 116 valence electrons. The molecule has 0 spiro atoms. The molecule has 0 bridgehead atoms. The smallest absolute Gasteiger partial charge is 0.176 e. The van der Waals surface area contributed by atoms with E-state index in [2.05, 4.69) is 0 Å². The minimum atomic E-state index is -7.75. The molecule has 0 atom stereocenters. The highest BCUT2D eigenvalue weighted by molar-refractivity contribution is 7.84. The third-order valence-electron chi connectivity index (χ3n) is 1.41. The Labute approximate surface area is 96.5 Å². The fraction of sp³-hybridized carbons (Fsp3) is 1.00. The van der Waals surface area contributed by atoms with Crippen molar-refractivity contribution in [1.82, 2.24) is 4.31 Å². The second kappa shape index (κ2) is 4.32. The monoisotopic (exact) mass is 335 g/mol. The maximum atomic E-state index is 12.3. The molecule has 0 amide bonds. The standard InChI is InChI=1S/C4F11NO2S/c5-1(6,7)3(11,12)16(19(15,17)18)4(13,14)2(8,9)10. The van der Waals surface area contributed by atoms with Crippen molar-refractivity contribution in [1.29, 1.82) is 0 Å². The molecular weight excluding hydrogens is 335 g/mol. The van der Waals surface area contributed by atoms with Gasteiger partial charge in [-0.1, -0.05) is 3.89 Å². The van der Waals surface area contributed by atoms with Crippen molar-refractivity contribution in [2.45, 2.75) is 24.4 Å². The van der Waals surface area contributed by atoms with E-state index >= 15 is 0 Å². The summed E-state index contributed by atoms with van der Waals surface area (Å²) in [6, 6.07) is -14.6. The summed E-state index contributed by atoms with van der Waals surface area (Å²) in [6.45, 7) is 0. The van der Waals surface area contributed by atoms with Crippen LogP contribution in [0, 0.1) is 0 Å². The number of alkyl halides is 10. The molecule has 0 radical (unpaired) electrons. The van der Waals surface area contributed by atoms with Crippen LogP contribution in [-0.4, -0.2) is 37.2 Å². The van der Waals surface area contributed by atoms with Crippen LogP contribution in [0.4, 0.5) is 47.8 Å². The molecule has 0 aliphatic rings. The van der Waals surface area contributed by atoms with Gasteiger partial charge in [0.1, 0.15) is 0 Å². The van der Waals surface area contributed by atoms with E-state index in [-0.39, 0.29) is 0 Å². The van der Waals surface area contributed by atoms with E-state index in [0.717, 1.165) is 0 Å². The topological polar surface area (TPSA) is 37.4 Å². The zero-order chi connectivity index (χ0) is 16.1. The van der Waals surface area contributed by atoms with E-state index < -0.39 is 39.2 Å². The van der Waals surface area contributed by atoms with Crippen LogP contribution in [-0.2, 0) is 10.4 Å². The second-order valence-electron chi connectivity index (χ2n) is 2.78. The van der Waals surface area contributed by atoms with Crippen LogP contribution in [0.25, 0.3) is 0 Å². The lowest BCUT2D eigenvalue weighted by Gasteiger charge is -2.34. The van der Waals surface area contributed by atoms with Gasteiger partial charge in [0.05, 0.1) is 0 Å². The summed E-state index contributed by atoms with van der Waals surface area (Å²) in [5, 5.41) is 0. The van der Waals surface area contributed by atoms with E-state index in [9.17, 15) is 56.2 Å². The molecule has 0 aromatic carbocycles. The van der Waals surface area contributed by atoms with Gasteiger partial charge in [0.15, 0.2) is 0 Å². The molecule has 0 heterocycles. The Morgan fingerprint density at radius 2 is 0.842 bits per heavy atom. The van der Waals surface area contributed by atoms with Crippen molar-refractivity contribution in [2.24, 2.45) is 0 Å². The lowest BCUT2D eigenvalue weighted by Crippen LogP contribution is -2.65. The number of halogens is 11. The van der Waals surface area contributed by atoms with Crippen LogP contribution < -0.4 is 0 Å². The molecule has 3 nitrogen and oxygen atoms in total. The molecule has 15 heteroatoms. The maximum Gasteiger partial charge on any atom is 0.470 e. The van der Waals surface area contributed by atoms with Crippen molar-refractivity contribution in [3.05, 3.63) is 0 Å². The van der Waals surface area contributed by atoms with Gasteiger partial charge in [0.25, 0.3) is 0 Å². The van der Waals surface area contributed by atoms with Gasteiger partial charge in [-0.05, 0) is 4.31 Å². The van der Waals surface area contributed by atoms with Crippen molar-refractivity contribution in [3.63, 3.8) is 0 Å². The fourth-order valence-electron chi connectivity index (χ4n) is 0.681. The Balaban J connectivity index is 6.21. The zero-order valence-electron chi connectivity index (χ0n) is 7.83. The number of hydrogen-bond acceptors (Lipinski definition) is 2. The molecule has 0 aliphatic heterocycles. The van der Waals surface area contributed by atoms with E-state index in [1.165, 1.54) is 0 Å². The van der Waals surface area contributed by atoms with Crippen molar-refractivity contribution in [2.75, 3.05) is 0 Å². The Hall–Kier alpha value is -0.860. The highest BCUT2D eigenvalue weighted by Gasteiger charge is 2.79. The average Bonchev–Trinajstić information content (AvgIpc) is 1.93. The maximum absolute atomic E-state index is 12.3. The van der Waals surface area contributed by atoms with Gasteiger partial charge in [-0.25, -0.2) is 0 Å². The largest absolute Gasteiger partial charge is 0.470 e. The van der Waals surface area contributed by atoms with Crippen LogP contribution in [0.2, 0.25) is 0 Å². The van der Waals surface area contributed by atoms with E-state index in [1.807, 2.05) is 0 Å².